The first-order chi connectivity index (χ1) is 7.81. The topological polar surface area (TPSA) is 56.7 Å². The van der Waals surface area contributed by atoms with Crippen LogP contribution in [-0.2, 0) is 6.42 Å². The van der Waals surface area contributed by atoms with Crippen LogP contribution in [0, 0.1) is 0 Å². The fourth-order valence-electron chi connectivity index (χ4n) is 1.53. The normalized spacial score (nSPS) is 10.6. The molecule has 2 aromatic rings. The number of hydrogen-bond donors (Lipinski definition) is 1. The van der Waals surface area contributed by atoms with E-state index in [1.54, 1.807) is 11.0 Å². The van der Waals surface area contributed by atoms with Crippen molar-refractivity contribution in [1.82, 2.24) is 14.8 Å². The zero-order chi connectivity index (χ0) is 11.4. The Bertz CT molecular complexity index is 453. The van der Waals surface area contributed by atoms with E-state index in [0.29, 0.717) is 0 Å². The van der Waals surface area contributed by atoms with Crippen molar-refractivity contribution >= 4 is 15.9 Å². The number of halogens is 1. The second-order valence-corrected chi connectivity index (χ2v) is 4.37. The molecule has 0 aliphatic carbocycles. The summed E-state index contributed by atoms with van der Waals surface area (Å²) in [5.74, 6) is 0. The Morgan fingerprint density at radius 1 is 1.38 bits per heavy atom. The number of benzene rings is 1. The van der Waals surface area contributed by atoms with E-state index in [1.807, 2.05) is 6.07 Å². The SMILES string of the molecule is NCCCc1ccc(-n2cncn2)c(Br)c1. The first kappa shape index (κ1) is 11.3. The zero-order valence-electron chi connectivity index (χ0n) is 8.81. The summed E-state index contributed by atoms with van der Waals surface area (Å²) in [4.78, 5) is 3.93. The average Bonchev–Trinajstić information content (AvgIpc) is 2.80. The molecule has 4 nitrogen and oxygen atoms in total. The standard InChI is InChI=1S/C11H13BrN4/c12-10-6-9(2-1-5-13)3-4-11(10)16-8-14-7-15-16/h3-4,6-8H,1-2,5,13H2. The highest BCUT2D eigenvalue weighted by Crippen LogP contribution is 2.22. The van der Waals surface area contributed by atoms with Crippen LogP contribution in [0.1, 0.15) is 12.0 Å². The molecule has 2 N–H and O–H groups in total. The number of aromatic nitrogens is 3. The monoisotopic (exact) mass is 280 g/mol. The van der Waals surface area contributed by atoms with Gasteiger partial charge in [-0.15, -0.1) is 0 Å². The molecule has 0 bridgehead atoms. The third-order valence-electron chi connectivity index (χ3n) is 2.35. The Labute approximate surface area is 103 Å². The van der Waals surface area contributed by atoms with Crippen LogP contribution in [0.25, 0.3) is 5.69 Å². The van der Waals surface area contributed by atoms with E-state index in [9.17, 15) is 0 Å². The molecule has 5 heteroatoms. The number of nitrogens with two attached hydrogens (primary N) is 1. The molecule has 0 saturated heterocycles. The van der Waals surface area contributed by atoms with Gasteiger partial charge in [0.2, 0.25) is 0 Å². The molecule has 84 valence electrons. The van der Waals surface area contributed by atoms with Crippen molar-refractivity contribution in [1.29, 1.82) is 0 Å². The van der Waals surface area contributed by atoms with Gasteiger partial charge in [0.15, 0.2) is 0 Å². The summed E-state index contributed by atoms with van der Waals surface area (Å²) in [6.07, 6.45) is 5.22. The van der Waals surface area contributed by atoms with Crippen LogP contribution in [0.5, 0.6) is 0 Å². The summed E-state index contributed by atoms with van der Waals surface area (Å²) < 4.78 is 2.75. The average molecular weight is 281 g/mol. The van der Waals surface area contributed by atoms with E-state index in [4.69, 9.17) is 5.73 Å². The van der Waals surface area contributed by atoms with Crippen LogP contribution < -0.4 is 5.73 Å². The van der Waals surface area contributed by atoms with Gasteiger partial charge in [-0.1, -0.05) is 6.07 Å². The second-order valence-electron chi connectivity index (χ2n) is 3.52. The van der Waals surface area contributed by atoms with E-state index >= 15 is 0 Å². The van der Waals surface area contributed by atoms with Gasteiger partial charge in [-0.2, -0.15) is 5.10 Å². The smallest absolute Gasteiger partial charge is 0.138 e. The van der Waals surface area contributed by atoms with E-state index in [0.717, 1.165) is 29.5 Å². The summed E-state index contributed by atoms with van der Waals surface area (Å²) in [5, 5.41) is 4.09. The van der Waals surface area contributed by atoms with Gasteiger partial charge in [-0.3, -0.25) is 0 Å². The number of hydrogen-bond acceptors (Lipinski definition) is 3. The fraction of sp³-hybridized carbons (Fsp3) is 0.273. The summed E-state index contributed by atoms with van der Waals surface area (Å²) in [5.41, 5.74) is 7.76. The van der Waals surface area contributed by atoms with Crippen molar-refractivity contribution in [3.8, 4) is 5.69 Å². The molecule has 1 aromatic carbocycles. The van der Waals surface area contributed by atoms with Crippen molar-refractivity contribution in [3.63, 3.8) is 0 Å². The molecule has 1 aromatic heterocycles. The van der Waals surface area contributed by atoms with E-state index in [2.05, 4.69) is 38.1 Å². The van der Waals surface area contributed by atoms with Gasteiger partial charge in [0.25, 0.3) is 0 Å². The van der Waals surface area contributed by atoms with Crippen LogP contribution in [0.2, 0.25) is 0 Å². The number of aryl methyl sites for hydroxylation is 1. The fourth-order valence-corrected chi connectivity index (χ4v) is 2.14. The summed E-state index contributed by atoms with van der Waals surface area (Å²) in [6, 6.07) is 6.23. The molecular formula is C11H13BrN4. The van der Waals surface area contributed by atoms with Crippen LogP contribution in [0.15, 0.2) is 35.3 Å². The molecule has 0 amide bonds. The molecule has 0 aliphatic rings. The Balaban J connectivity index is 2.23. The van der Waals surface area contributed by atoms with Crippen molar-refractivity contribution < 1.29 is 0 Å². The molecular weight excluding hydrogens is 268 g/mol. The highest BCUT2D eigenvalue weighted by molar-refractivity contribution is 9.10. The third-order valence-corrected chi connectivity index (χ3v) is 2.98. The number of rotatable bonds is 4. The summed E-state index contributed by atoms with van der Waals surface area (Å²) >= 11 is 3.54. The molecule has 0 unspecified atom stereocenters. The predicted molar refractivity (Wildman–Crippen MR) is 66.4 cm³/mol. The lowest BCUT2D eigenvalue weighted by atomic mass is 10.1. The maximum absolute atomic E-state index is 5.49. The lowest BCUT2D eigenvalue weighted by Gasteiger charge is -2.06. The molecule has 0 spiro atoms. The summed E-state index contributed by atoms with van der Waals surface area (Å²) in [6.45, 7) is 0.725. The van der Waals surface area contributed by atoms with E-state index in [-0.39, 0.29) is 0 Å². The number of nitrogens with zero attached hydrogens (tertiary/aromatic N) is 3. The van der Waals surface area contributed by atoms with Gasteiger partial charge < -0.3 is 5.73 Å². The van der Waals surface area contributed by atoms with Crippen molar-refractivity contribution in [2.45, 2.75) is 12.8 Å². The minimum Gasteiger partial charge on any atom is -0.330 e. The van der Waals surface area contributed by atoms with Gasteiger partial charge in [0, 0.05) is 4.47 Å². The maximum atomic E-state index is 5.49. The molecule has 0 saturated carbocycles. The summed E-state index contributed by atoms with van der Waals surface area (Å²) in [7, 11) is 0. The van der Waals surface area contributed by atoms with Gasteiger partial charge in [0.05, 0.1) is 5.69 Å². The van der Waals surface area contributed by atoms with Crippen LogP contribution in [0.4, 0.5) is 0 Å². The van der Waals surface area contributed by atoms with Crippen LogP contribution >= 0.6 is 15.9 Å². The first-order valence-corrected chi connectivity index (χ1v) is 5.94. The molecule has 1 heterocycles. The van der Waals surface area contributed by atoms with Crippen molar-refractivity contribution in [2.75, 3.05) is 6.54 Å². The van der Waals surface area contributed by atoms with E-state index < -0.39 is 0 Å². The van der Waals surface area contributed by atoms with Crippen LogP contribution in [-0.4, -0.2) is 21.3 Å². The van der Waals surface area contributed by atoms with Crippen molar-refractivity contribution in [3.05, 3.63) is 40.9 Å². The third kappa shape index (κ3) is 2.48. The maximum Gasteiger partial charge on any atom is 0.138 e. The Hall–Kier alpha value is -1.20. The molecule has 0 radical (unpaired) electrons. The van der Waals surface area contributed by atoms with Gasteiger partial charge in [-0.05, 0) is 53.0 Å². The Morgan fingerprint density at radius 3 is 2.88 bits per heavy atom. The quantitative estimate of drug-likeness (QED) is 0.931. The zero-order valence-corrected chi connectivity index (χ0v) is 10.4. The highest BCUT2D eigenvalue weighted by Gasteiger charge is 2.03. The molecule has 0 fully saturated rings. The molecule has 2 rings (SSSR count). The molecule has 0 atom stereocenters. The largest absolute Gasteiger partial charge is 0.330 e. The lowest BCUT2D eigenvalue weighted by molar-refractivity contribution is 0.828. The molecule has 16 heavy (non-hydrogen) atoms. The second kappa shape index (κ2) is 5.23. The van der Waals surface area contributed by atoms with Gasteiger partial charge in [-0.25, -0.2) is 9.67 Å². The minimum absolute atomic E-state index is 0.725. The predicted octanol–water partition coefficient (Wildman–Crippen LogP) is 1.92. The Kier molecular flexibility index (Phi) is 3.69. The van der Waals surface area contributed by atoms with Gasteiger partial charge >= 0.3 is 0 Å². The Morgan fingerprint density at radius 2 is 2.25 bits per heavy atom. The van der Waals surface area contributed by atoms with E-state index in [1.165, 1.54) is 11.9 Å². The first-order valence-electron chi connectivity index (χ1n) is 5.15. The molecule has 0 aliphatic heterocycles. The minimum atomic E-state index is 0.725. The lowest BCUT2D eigenvalue weighted by Crippen LogP contribution is -2.01. The van der Waals surface area contributed by atoms with Crippen molar-refractivity contribution in [2.24, 2.45) is 5.73 Å². The highest BCUT2D eigenvalue weighted by atomic mass is 79.9. The van der Waals surface area contributed by atoms with Crippen LogP contribution in [0.3, 0.4) is 0 Å². The van der Waals surface area contributed by atoms with Gasteiger partial charge in [0.1, 0.15) is 12.7 Å².